The third-order valence-electron chi connectivity index (χ3n) is 5.93. The number of amides is 2. The molecule has 2 amide bonds. The quantitative estimate of drug-likeness (QED) is 0.803. The Kier molecular flexibility index (Phi) is 8.11. The minimum absolute atomic E-state index is 0. The zero-order valence-electron chi connectivity index (χ0n) is 16.4. The lowest BCUT2D eigenvalue weighted by atomic mass is 9.84. The van der Waals surface area contributed by atoms with Gasteiger partial charge in [-0.05, 0) is 75.2 Å². The molecule has 0 radical (unpaired) electrons. The first kappa shape index (κ1) is 21.7. The number of nitrogens with zero attached hydrogens (tertiary/aromatic N) is 1. The van der Waals surface area contributed by atoms with E-state index in [0.717, 1.165) is 63.1 Å². The molecule has 1 unspecified atom stereocenters. The molecule has 1 atom stereocenters. The first-order chi connectivity index (χ1) is 12.6. The molecule has 2 aliphatic rings. The van der Waals surface area contributed by atoms with Gasteiger partial charge in [0.05, 0.1) is 0 Å². The van der Waals surface area contributed by atoms with E-state index in [1.54, 1.807) is 0 Å². The lowest BCUT2D eigenvalue weighted by molar-refractivity contribution is -0.117. The van der Waals surface area contributed by atoms with Gasteiger partial charge in [-0.15, -0.1) is 12.4 Å². The van der Waals surface area contributed by atoms with Crippen LogP contribution >= 0.6 is 12.4 Å². The molecule has 0 aromatic heterocycles. The lowest BCUT2D eigenvalue weighted by Crippen LogP contribution is -2.32. The van der Waals surface area contributed by atoms with Crippen molar-refractivity contribution in [3.63, 3.8) is 0 Å². The molecule has 0 bridgehead atoms. The molecule has 1 aromatic carbocycles. The maximum atomic E-state index is 12.7. The van der Waals surface area contributed by atoms with Gasteiger partial charge in [-0.25, -0.2) is 0 Å². The third kappa shape index (κ3) is 5.45. The number of hydrogen-bond donors (Lipinski definition) is 2. The summed E-state index contributed by atoms with van der Waals surface area (Å²) >= 11 is 0. The van der Waals surface area contributed by atoms with Gasteiger partial charge in [0.1, 0.15) is 0 Å². The summed E-state index contributed by atoms with van der Waals surface area (Å²) in [6, 6.07) is 5.62. The van der Waals surface area contributed by atoms with Crippen LogP contribution in [0.25, 0.3) is 0 Å². The first-order valence-electron chi connectivity index (χ1n) is 9.95. The molecule has 5 nitrogen and oxygen atoms in total. The Morgan fingerprint density at radius 1 is 1.22 bits per heavy atom. The summed E-state index contributed by atoms with van der Waals surface area (Å²) in [5.74, 6) is 1.13. The molecule has 1 aromatic rings. The second-order valence-corrected chi connectivity index (χ2v) is 7.79. The number of anilines is 1. The van der Waals surface area contributed by atoms with Crippen LogP contribution in [0.15, 0.2) is 18.2 Å². The van der Waals surface area contributed by atoms with E-state index in [9.17, 15) is 9.59 Å². The highest BCUT2D eigenvalue weighted by Gasteiger charge is 2.24. The van der Waals surface area contributed by atoms with Crippen molar-refractivity contribution in [1.29, 1.82) is 0 Å². The minimum atomic E-state index is 0. The summed E-state index contributed by atoms with van der Waals surface area (Å²) in [4.78, 5) is 27.1. The van der Waals surface area contributed by atoms with Gasteiger partial charge in [0.25, 0.3) is 5.91 Å². The summed E-state index contributed by atoms with van der Waals surface area (Å²) in [6.07, 6.45) is 4.99. The minimum Gasteiger partial charge on any atom is -0.339 e. The van der Waals surface area contributed by atoms with Crippen molar-refractivity contribution in [3.8, 4) is 0 Å². The maximum Gasteiger partial charge on any atom is 0.254 e. The van der Waals surface area contributed by atoms with E-state index in [4.69, 9.17) is 0 Å². The maximum absolute atomic E-state index is 12.7. The standard InChI is InChI=1S/C21H31N3O2.ClH/c1-15(17-8-10-22-11-9-17)14-20(25)23-19-7-5-6-18(16(19)2)21(26)24-12-3-4-13-24;/h5-7,15,17,22H,3-4,8-14H2,1-2H3,(H,23,25);1H. The van der Waals surface area contributed by atoms with Crippen molar-refractivity contribution in [1.82, 2.24) is 10.2 Å². The molecule has 2 fully saturated rings. The Balaban J connectivity index is 0.00000261. The second kappa shape index (κ2) is 10.1. The number of benzene rings is 1. The van der Waals surface area contributed by atoms with Gasteiger partial charge < -0.3 is 15.5 Å². The largest absolute Gasteiger partial charge is 0.339 e. The molecular weight excluding hydrogens is 362 g/mol. The van der Waals surface area contributed by atoms with E-state index in [0.29, 0.717) is 23.8 Å². The van der Waals surface area contributed by atoms with Crippen molar-refractivity contribution >= 4 is 29.9 Å². The number of carbonyl (C=O) groups is 2. The fraction of sp³-hybridized carbons (Fsp3) is 0.619. The number of likely N-dealkylation sites (tertiary alicyclic amines) is 1. The molecule has 0 saturated carbocycles. The fourth-order valence-corrected chi connectivity index (χ4v) is 4.17. The topological polar surface area (TPSA) is 61.4 Å². The van der Waals surface area contributed by atoms with Crippen LogP contribution in [0.1, 0.15) is 54.9 Å². The van der Waals surface area contributed by atoms with E-state index in [1.165, 1.54) is 0 Å². The number of rotatable bonds is 5. The Bertz CT molecular complexity index is 653. The van der Waals surface area contributed by atoms with Gasteiger partial charge in [-0.1, -0.05) is 13.0 Å². The van der Waals surface area contributed by atoms with Crippen molar-refractivity contribution < 1.29 is 9.59 Å². The monoisotopic (exact) mass is 393 g/mol. The number of nitrogens with one attached hydrogen (secondary N) is 2. The van der Waals surface area contributed by atoms with Gasteiger partial charge in [0.15, 0.2) is 0 Å². The molecule has 2 N–H and O–H groups in total. The predicted molar refractivity (Wildman–Crippen MR) is 112 cm³/mol. The first-order valence-corrected chi connectivity index (χ1v) is 9.95. The molecule has 2 saturated heterocycles. The van der Waals surface area contributed by atoms with Gasteiger partial charge in [0.2, 0.25) is 5.91 Å². The number of hydrogen-bond acceptors (Lipinski definition) is 3. The highest BCUT2D eigenvalue weighted by molar-refractivity contribution is 5.99. The van der Waals surface area contributed by atoms with Crippen LogP contribution in [-0.2, 0) is 4.79 Å². The molecular formula is C21H32ClN3O2. The van der Waals surface area contributed by atoms with E-state index >= 15 is 0 Å². The van der Waals surface area contributed by atoms with Crippen LogP contribution in [-0.4, -0.2) is 42.9 Å². The van der Waals surface area contributed by atoms with Crippen LogP contribution in [0, 0.1) is 18.8 Å². The zero-order chi connectivity index (χ0) is 18.5. The van der Waals surface area contributed by atoms with Gasteiger partial charge in [-0.2, -0.15) is 0 Å². The Morgan fingerprint density at radius 3 is 2.56 bits per heavy atom. The Morgan fingerprint density at radius 2 is 1.89 bits per heavy atom. The van der Waals surface area contributed by atoms with Gasteiger partial charge in [-0.3, -0.25) is 9.59 Å². The summed E-state index contributed by atoms with van der Waals surface area (Å²) in [5.41, 5.74) is 2.33. The van der Waals surface area contributed by atoms with E-state index in [2.05, 4.69) is 17.6 Å². The average molecular weight is 394 g/mol. The molecule has 6 heteroatoms. The molecule has 0 aliphatic carbocycles. The van der Waals surface area contributed by atoms with E-state index < -0.39 is 0 Å². The summed E-state index contributed by atoms with van der Waals surface area (Å²) in [6.45, 7) is 7.88. The Hall–Kier alpha value is -1.59. The predicted octanol–water partition coefficient (Wildman–Crippen LogP) is 3.62. The third-order valence-corrected chi connectivity index (χ3v) is 5.93. The van der Waals surface area contributed by atoms with E-state index in [1.807, 2.05) is 30.0 Å². The SMILES string of the molecule is Cc1c(NC(=O)CC(C)C2CCNCC2)cccc1C(=O)N1CCCC1.Cl. The van der Waals surface area contributed by atoms with E-state index in [-0.39, 0.29) is 24.2 Å². The van der Waals surface area contributed by atoms with Gasteiger partial charge in [0, 0.05) is 30.8 Å². The van der Waals surface area contributed by atoms with Crippen LogP contribution in [0.5, 0.6) is 0 Å². The summed E-state index contributed by atoms with van der Waals surface area (Å²) in [5, 5.41) is 6.41. The second-order valence-electron chi connectivity index (χ2n) is 7.79. The van der Waals surface area contributed by atoms with Crippen LogP contribution < -0.4 is 10.6 Å². The molecule has 27 heavy (non-hydrogen) atoms. The number of carbonyl (C=O) groups excluding carboxylic acids is 2. The summed E-state index contributed by atoms with van der Waals surface area (Å²) in [7, 11) is 0. The van der Waals surface area contributed by atoms with Crippen molar-refractivity contribution in [2.45, 2.75) is 46.0 Å². The molecule has 3 rings (SSSR count). The highest BCUT2D eigenvalue weighted by atomic mass is 35.5. The molecule has 2 aliphatic heterocycles. The lowest BCUT2D eigenvalue weighted by Gasteiger charge is -2.28. The summed E-state index contributed by atoms with van der Waals surface area (Å²) < 4.78 is 0. The van der Waals surface area contributed by atoms with Crippen LogP contribution in [0.2, 0.25) is 0 Å². The highest BCUT2D eigenvalue weighted by Crippen LogP contribution is 2.26. The number of piperidine rings is 1. The average Bonchev–Trinajstić information content (AvgIpc) is 3.18. The normalized spacial score (nSPS) is 18.7. The van der Waals surface area contributed by atoms with Crippen molar-refractivity contribution in [2.75, 3.05) is 31.5 Å². The number of halogens is 1. The zero-order valence-corrected chi connectivity index (χ0v) is 17.2. The van der Waals surface area contributed by atoms with Crippen molar-refractivity contribution in [2.24, 2.45) is 11.8 Å². The van der Waals surface area contributed by atoms with Crippen LogP contribution in [0.3, 0.4) is 0 Å². The van der Waals surface area contributed by atoms with Gasteiger partial charge >= 0.3 is 0 Å². The molecule has 0 spiro atoms. The smallest absolute Gasteiger partial charge is 0.254 e. The fourth-order valence-electron chi connectivity index (χ4n) is 4.17. The molecule has 2 heterocycles. The van der Waals surface area contributed by atoms with Crippen molar-refractivity contribution in [3.05, 3.63) is 29.3 Å². The Labute approximate surface area is 168 Å². The van der Waals surface area contributed by atoms with Crippen LogP contribution in [0.4, 0.5) is 5.69 Å². The molecule has 150 valence electrons.